The van der Waals surface area contributed by atoms with Gasteiger partial charge in [0.05, 0.1) is 16.8 Å². The Hall–Kier alpha value is -4.24. The van der Waals surface area contributed by atoms with Crippen LogP contribution in [0.25, 0.3) is 28.1 Å². The summed E-state index contributed by atoms with van der Waals surface area (Å²) >= 11 is 0. The third kappa shape index (κ3) is 2.76. The number of nitrogens with zero attached hydrogens (tertiary/aromatic N) is 3. The molecule has 5 rings (SSSR count). The van der Waals surface area contributed by atoms with Crippen LogP contribution in [0.15, 0.2) is 77.6 Å². The lowest BCUT2D eigenvalue weighted by atomic mass is 9.95. The van der Waals surface area contributed by atoms with Gasteiger partial charge in [0.2, 0.25) is 0 Å². The first-order valence-electron chi connectivity index (χ1n) is 9.31. The van der Waals surface area contributed by atoms with Gasteiger partial charge in [-0.25, -0.2) is 4.39 Å². The van der Waals surface area contributed by atoms with Crippen molar-refractivity contribution < 1.29 is 9.13 Å². The second kappa shape index (κ2) is 6.98. The van der Waals surface area contributed by atoms with Gasteiger partial charge in [0, 0.05) is 11.1 Å². The number of fused-ring (bicyclic) bond motifs is 3. The van der Waals surface area contributed by atoms with Crippen LogP contribution in [0.2, 0.25) is 0 Å². The van der Waals surface area contributed by atoms with E-state index in [1.54, 1.807) is 30.3 Å². The summed E-state index contributed by atoms with van der Waals surface area (Å²) in [7, 11) is 0. The normalized spacial score (nSPS) is 11.7. The van der Waals surface area contributed by atoms with E-state index < -0.39 is 5.82 Å². The van der Waals surface area contributed by atoms with Gasteiger partial charge in [-0.2, -0.15) is 15.0 Å². The third-order valence-electron chi connectivity index (χ3n) is 5.08. The van der Waals surface area contributed by atoms with Crippen LogP contribution < -0.4 is 10.3 Å². The fourth-order valence-electron chi connectivity index (χ4n) is 3.70. The number of aromatic nitrogens is 2. The highest BCUT2D eigenvalue weighted by atomic mass is 19.1. The molecule has 1 aromatic heterocycles. The zero-order valence-corrected chi connectivity index (χ0v) is 15.7. The lowest BCUT2D eigenvalue weighted by molar-refractivity contribution is 0.300. The Morgan fingerprint density at radius 2 is 1.80 bits per heavy atom. The number of benzene rings is 3. The monoisotopic (exact) mass is 395 g/mol. The predicted molar refractivity (Wildman–Crippen MR) is 110 cm³/mol. The maximum Gasteiger partial charge on any atom is 0.279 e. The molecule has 30 heavy (non-hydrogen) atoms. The summed E-state index contributed by atoms with van der Waals surface area (Å²) in [5.41, 5.74) is 2.96. The minimum Gasteiger partial charge on any atom is -0.488 e. The molecule has 144 valence electrons. The van der Waals surface area contributed by atoms with Crippen molar-refractivity contribution in [3.05, 3.63) is 100 Å². The molecule has 0 fully saturated rings. The van der Waals surface area contributed by atoms with Crippen LogP contribution in [0, 0.1) is 17.1 Å². The van der Waals surface area contributed by atoms with Crippen LogP contribution in [0.4, 0.5) is 4.39 Å². The molecule has 0 spiro atoms. The molecule has 0 bridgehead atoms. The number of nitriles is 1. The summed E-state index contributed by atoms with van der Waals surface area (Å²) in [5.74, 6) is 0.0672. The lowest BCUT2D eigenvalue weighted by Gasteiger charge is -2.23. The molecule has 6 heteroatoms. The molecule has 3 aromatic carbocycles. The SMILES string of the molecule is N#Cc1ccccc1-n1nc2c(c(-c3ccccc3)c1=O)COc1ccc(F)cc1-2. The lowest BCUT2D eigenvalue weighted by Crippen LogP contribution is -2.28. The fraction of sp³-hybridized carbons (Fsp3) is 0.0417. The van der Waals surface area contributed by atoms with Crippen LogP contribution in [0.5, 0.6) is 5.75 Å². The fourth-order valence-corrected chi connectivity index (χ4v) is 3.70. The Balaban J connectivity index is 1.90. The van der Waals surface area contributed by atoms with E-state index in [1.165, 1.54) is 16.8 Å². The molecule has 0 aliphatic carbocycles. The van der Waals surface area contributed by atoms with E-state index in [1.807, 2.05) is 30.3 Å². The highest BCUT2D eigenvalue weighted by Gasteiger charge is 2.27. The van der Waals surface area contributed by atoms with Crippen molar-refractivity contribution in [2.24, 2.45) is 0 Å². The number of hydrogen-bond donors (Lipinski definition) is 0. The van der Waals surface area contributed by atoms with Crippen molar-refractivity contribution in [3.8, 4) is 39.9 Å². The summed E-state index contributed by atoms with van der Waals surface area (Å²) in [6, 6.07) is 22.3. The number of para-hydroxylation sites is 1. The Morgan fingerprint density at radius 3 is 2.60 bits per heavy atom. The molecule has 0 amide bonds. The number of rotatable bonds is 2. The number of hydrogen-bond acceptors (Lipinski definition) is 4. The van der Waals surface area contributed by atoms with Crippen molar-refractivity contribution in [2.75, 3.05) is 0 Å². The van der Waals surface area contributed by atoms with Gasteiger partial charge >= 0.3 is 0 Å². The summed E-state index contributed by atoms with van der Waals surface area (Å²) in [6.07, 6.45) is 0. The molecule has 5 nitrogen and oxygen atoms in total. The van der Waals surface area contributed by atoms with E-state index in [2.05, 4.69) is 11.2 Å². The number of halogens is 1. The first-order valence-corrected chi connectivity index (χ1v) is 9.31. The van der Waals surface area contributed by atoms with Gasteiger partial charge in [0.1, 0.15) is 29.9 Å². The zero-order valence-electron chi connectivity index (χ0n) is 15.7. The molecular weight excluding hydrogens is 381 g/mol. The van der Waals surface area contributed by atoms with Crippen molar-refractivity contribution in [2.45, 2.75) is 6.61 Å². The topological polar surface area (TPSA) is 67.9 Å². The van der Waals surface area contributed by atoms with Crippen molar-refractivity contribution in [1.82, 2.24) is 9.78 Å². The van der Waals surface area contributed by atoms with E-state index >= 15 is 0 Å². The van der Waals surface area contributed by atoms with Gasteiger partial charge in [0.25, 0.3) is 5.56 Å². The Labute approximate surface area is 171 Å². The van der Waals surface area contributed by atoms with Gasteiger partial charge in [-0.05, 0) is 35.9 Å². The largest absolute Gasteiger partial charge is 0.488 e. The highest BCUT2D eigenvalue weighted by Crippen LogP contribution is 2.39. The minimum absolute atomic E-state index is 0.140. The van der Waals surface area contributed by atoms with E-state index in [0.29, 0.717) is 44.9 Å². The standard InChI is InChI=1S/C24H14FN3O2/c25-17-10-11-21-18(12-17)23-19(14-30-21)22(15-6-2-1-3-7-15)24(29)28(27-23)20-9-5-4-8-16(20)13-26/h1-12H,14H2. The van der Waals surface area contributed by atoms with E-state index in [9.17, 15) is 14.4 Å². The molecule has 1 aliphatic heterocycles. The van der Waals surface area contributed by atoms with Gasteiger partial charge in [-0.15, -0.1) is 0 Å². The van der Waals surface area contributed by atoms with Crippen LogP contribution in [0.3, 0.4) is 0 Å². The molecule has 1 aliphatic rings. The first kappa shape index (κ1) is 17.8. The van der Waals surface area contributed by atoms with Gasteiger partial charge < -0.3 is 4.74 Å². The van der Waals surface area contributed by atoms with Crippen LogP contribution in [-0.4, -0.2) is 9.78 Å². The second-order valence-electron chi connectivity index (χ2n) is 6.84. The zero-order chi connectivity index (χ0) is 20.7. The molecule has 2 heterocycles. The minimum atomic E-state index is -0.427. The van der Waals surface area contributed by atoms with E-state index in [0.717, 1.165) is 0 Å². The van der Waals surface area contributed by atoms with E-state index in [4.69, 9.17) is 4.74 Å². The summed E-state index contributed by atoms with van der Waals surface area (Å²) in [4.78, 5) is 13.6. The van der Waals surface area contributed by atoms with Crippen molar-refractivity contribution >= 4 is 0 Å². The van der Waals surface area contributed by atoms with Gasteiger partial charge in [-0.3, -0.25) is 4.79 Å². The van der Waals surface area contributed by atoms with Gasteiger partial charge in [0.15, 0.2) is 0 Å². The Kier molecular flexibility index (Phi) is 4.15. The van der Waals surface area contributed by atoms with E-state index in [-0.39, 0.29) is 12.2 Å². The first-order chi connectivity index (χ1) is 14.7. The second-order valence-corrected chi connectivity index (χ2v) is 6.84. The van der Waals surface area contributed by atoms with Crippen LogP contribution in [0.1, 0.15) is 11.1 Å². The average molecular weight is 395 g/mol. The van der Waals surface area contributed by atoms with Gasteiger partial charge in [-0.1, -0.05) is 42.5 Å². The van der Waals surface area contributed by atoms with Crippen LogP contribution >= 0.6 is 0 Å². The molecule has 0 radical (unpaired) electrons. The molecule has 0 unspecified atom stereocenters. The maximum absolute atomic E-state index is 14.0. The average Bonchev–Trinajstić information content (AvgIpc) is 2.79. The Bertz CT molecular complexity index is 1390. The molecule has 0 saturated carbocycles. The summed E-state index contributed by atoms with van der Waals surface area (Å²) in [5, 5.41) is 14.1. The predicted octanol–water partition coefficient (Wildman–Crippen LogP) is 4.47. The summed E-state index contributed by atoms with van der Waals surface area (Å²) in [6.45, 7) is 0.140. The quantitative estimate of drug-likeness (QED) is 0.502. The Morgan fingerprint density at radius 1 is 1.03 bits per heavy atom. The smallest absolute Gasteiger partial charge is 0.279 e. The third-order valence-corrected chi connectivity index (χ3v) is 5.08. The molecule has 0 atom stereocenters. The number of ether oxygens (including phenoxy) is 1. The van der Waals surface area contributed by atoms with Crippen molar-refractivity contribution in [1.29, 1.82) is 5.26 Å². The summed E-state index contributed by atoms with van der Waals surface area (Å²) < 4.78 is 21.1. The highest BCUT2D eigenvalue weighted by molar-refractivity contribution is 5.79. The molecule has 0 N–H and O–H groups in total. The van der Waals surface area contributed by atoms with Crippen molar-refractivity contribution in [3.63, 3.8) is 0 Å². The molecule has 0 saturated heterocycles. The van der Waals surface area contributed by atoms with Crippen LogP contribution in [-0.2, 0) is 6.61 Å². The molecular formula is C24H14FN3O2. The maximum atomic E-state index is 14.0. The molecule has 4 aromatic rings.